The molecule has 5 atom stereocenters. The molecule has 0 saturated heterocycles. The van der Waals surface area contributed by atoms with Crippen LogP contribution in [0.25, 0.3) is 0 Å². The van der Waals surface area contributed by atoms with Crippen molar-refractivity contribution in [2.45, 2.75) is 64.3 Å². The molecule has 180 valence electrons. The van der Waals surface area contributed by atoms with Gasteiger partial charge in [-0.05, 0) is 71.9 Å². The van der Waals surface area contributed by atoms with E-state index >= 15 is 0 Å². The molecule has 3 heteroatoms. The van der Waals surface area contributed by atoms with Crippen LogP contribution in [0.4, 0.5) is 0 Å². The Bertz CT molecular complexity index is 1190. The van der Waals surface area contributed by atoms with E-state index in [4.69, 9.17) is 9.47 Å². The van der Waals surface area contributed by atoms with Gasteiger partial charge < -0.3 is 9.47 Å². The summed E-state index contributed by atoms with van der Waals surface area (Å²) in [6.45, 7) is 3.52. The maximum Gasteiger partial charge on any atom is 0.141 e. The SMILES string of the molecule is C[C@]12CC(=O)[C@@H]3c4ccc(OCc5ccccc5)cc4CC[C@H]3[C@@H]1CC[C@@H]2OCc1ccccc1. The summed E-state index contributed by atoms with van der Waals surface area (Å²) in [5, 5.41) is 0. The molecule has 0 heterocycles. The highest BCUT2D eigenvalue weighted by Gasteiger charge is 2.58. The van der Waals surface area contributed by atoms with Gasteiger partial charge in [0.05, 0.1) is 12.7 Å². The minimum absolute atomic E-state index is 0.0351. The molecule has 0 unspecified atom stereocenters. The first-order chi connectivity index (χ1) is 17.1. The normalized spacial score (nSPS) is 29.2. The molecule has 6 rings (SSSR count). The fraction of sp³-hybridized carbons (Fsp3) is 0.406. The number of hydrogen-bond donors (Lipinski definition) is 0. The van der Waals surface area contributed by atoms with Gasteiger partial charge in [0.2, 0.25) is 0 Å². The predicted octanol–water partition coefficient (Wildman–Crippen LogP) is 6.89. The Balaban J connectivity index is 1.18. The molecule has 3 aromatic carbocycles. The van der Waals surface area contributed by atoms with E-state index in [1.54, 1.807) is 0 Å². The molecule has 0 spiro atoms. The first-order valence-electron chi connectivity index (χ1n) is 13.1. The molecule has 0 aliphatic heterocycles. The van der Waals surface area contributed by atoms with Crippen LogP contribution in [0.1, 0.15) is 60.8 Å². The molecule has 0 amide bonds. The monoisotopic (exact) mass is 466 g/mol. The van der Waals surface area contributed by atoms with Crippen LogP contribution in [-0.2, 0) is 29.2 Å². The predicted molar refractivity (Wildman–Crippen MR) is 137 cm³/mol. The molecule has 0 N–H and O–H groups in total. The first-order valence-corrected chi connectivity index (χ1v) is 13.1. The summed E-state index contributed by atoms with van der Waals surface area (Å²) < 4.78 is 12.6. The smallest absolute Gasteiger partial charge is 0.141 e. The van der Waals surface area contributed by atoms with Gasteiger partial charge in [-0.2, -0.15) is 0 Å². The van der Waals surface area contributed by atoms with Gasteiger partial charge in [-0.25, -0.2) is 0 Å². The Hall–Kier alpha value is -2.91. The molecular formula is C32H34O3. The van der Waals surface area contributed by atoms with Crippen LogP contribution in [0.2, 0.25) is 0 Å². The van der Waals surface area contributed by atoms with Crippen molar-refractivity contribution in [1.82, 2.24) is 0 Å². The number of fused-ring (bicyclic) bond motifs is 5. The number of carbonyl (C=O) groups excluding carboxylic acids is 1. The van der Waals surface area contributed by atoms with E-state index in [9.17, 15) is 4.79 Å². The summed E-state index contributed by atoms with van der Waals surface area (Å²) in [6, 6.07) is 27.1. The quantitative estimate of drug-likeness (QED) is 0.397. The molecule has 3 aromatic rings. The van der Waals surface area contributed by atoms with Gasteiger partial charge in [-0.1, -0.05) is 73.7 Å². The Morgan fingerprint density at radius 2 is 1.57 bits per heavy atom. The van der Waals surface area contributed by atoms with E-state index in [0.717, 1.165) is 37.0 Å². The zero-order chi connectivity index (χ0) is 23.8. The Morgan fingerprint density at radius 1 is 0.857 bits per heavy atom. The van der Waals surface area contributed by atoms with Crippen LogP contribution in [0.5, 0.6) is 5.75 Å². The van der Waals surface area contributed by atoms with Gasteiger partial charge in [0.1, 0.15) is 18.1 Å². The molecule has 3 aliphatic rings. The number of ketones is 1. The van der Waals surface area contributed by atoms with Crippen LogP contribution in [0.3, 0.4) is 0 Å². The van der Waals surface area contributed by atoms with Crippen LogP contribution >= 0.6 is 0 Å². The van der Waals surface area contributed by atoms with Gasteiger partial charge >= 0.3 is 0 Å². The maximum absolute atomic E-state index is 13.7. The second-order valence-electron chi connectivity index (χ2n) is 10.9. The fourth-order valence-electron chi connectivity index (χ4n) is 7.21. The lowest BCUT2D eigenvalue weighted by molar-refractivity contribution is -0.137. The number of aryl methyl sites for hydroxylation is 1. The van der Waals surface area contributed by atoms with Crippen molar-refractivity contribution in [3.63, 3.8) is 0 Å². The van der Waals surface area contributed by atoms with Crippen LogP contribution in [-0.4, -0.2) is 11.9 Å². The lowest BCUT2D eigenvalue weighted by Gasteiger charge is -2.49. The number of benzene rings is 3. The lowest BCUT2D eigenvalue weighted by Crippen LogP contribution is -2.48. The summed E-state index contributed by atoms with van der Waals surface area (Å²) in [6.07, 6.45) is 5.12. The highest BCUT2D eigenvalue weighted by Crippen LogP contribution is 2.60. The highest BCUT2D eigenvalue weighted by molar-refractivity contribution is 5.88. The number of Topliss-reactive ketones (excluding diaryl/α,β-unsaturated/α-hetero) is 1. The second-order valence-corrected chi connectivity index (χ2v) is 10.9. The zero-order valence-electron chi connectivity index (χ0n) is 20.5. The number of rotatable bonds is 6. The summed E-state index contributed by atoms with van der Waals surface area (Å²) >= 11 is 0. The van der Waals surface area contributed by atoms with E-state index in [-0.39, 0.29) is 17.4 Å². The van der Waals surface area contributed by atoms with E-state index in [1.165, 1.54) is 16.7 Å². The molecule has 2 fully saturated rings. The average Bonchev–Trinajstić information content (AvgIpc) is 3.22. The van der Waals surface area contributed by atoms with Gasteiger partial charge in [0.15, 0.2) is 0 Å². The number of carbonyl (C=O) groups is 1. The van der Waals surface area contributed by atoms with Gasteiger partial charge in [-0.15, -0.1) is 0 Å². The highest BCUT2D eigenvalue weighted by atomic mass is 16.5. The summed E-state index contributed by atoms with van der Waals surface area (Å²) in [5.41, 5.74) is 4.86. The van der Waals surface area contributed by atoms with Crippen molar-refractivity contribution in [3.8, 4) is 5.75 Å². The number of ether oxygens (including phenoxy) is 2. The van der Waals surface area contributed by atoms with E-state index in [2.05, 4.69) is 61.5 Å². The minimum atomic E-state index is -0.0523. The molecule has 3 nitrogen and oxygen atoms in total. The molecule has 35 heavy (non-hydrogen) atoms. The fourth-order valence-corrected chi connectivity index (χ4v) is 7.21. The summed E-state index contributed by atoms with van der Waals surface area (Å²) in [7, 11) is 0. The molecule has 0 aromatic heterocycles. The van der Waals surface area contributed by atoms with Crippen LogP contribution < -0.4 is 4.74 Å². The maximum atomic E-state index is 13.7. The number of hydrogen-bond acceptors (Lipinski definition) is 3. The van der Waals surface area contributed by atoms with Gasteiger partial charge in [-0.3, -0.25) is 4.79 Å². The van der Waals surface area contributed by atoms with Crippen LogP contribution in [0, 0.1) is 17.3 Å². The van der Waals surface area contributed by atoms with E-state index < -0.39 is 0 Å². The Labute approximate surface area is 208 Å². The third kappa shape index (κ3) is 4.21. The summed E-state index contributed by atoms with van der Waals surface area (Å²) in [5.74, 6) is 2.31. The lowest BCUT2D eigenvalue weighted by atomic mass is 9.55. The first kappa shape index (κ1) is 22.5. The molecule has 2 saturated carbocycles. The minimum Gasteiger partial charge on any atom is -0.489 e. The molecule has 0 bridgehead atoms. The Kier molecular flexibility index (Phi) is 5.98. The van der Waals surface area contributed by atoms with Gasteiger partial charge in [0.25, 0.3) is 0 Å². The third-order valence-corrected chi connectivity index (χ3v) is 8.91. The van der Waals surface area contributed by atoms with E-state index in [1.807, 2.05) is 24.3 Å². The standard InChI is InChI=1S/C32H34O3/c1-32-19-29(33)31-26-15-13-25(34-20-22-8-4-2-5-9-22)18-24(26)12-14-27(31)28(32)16-17-30(32)35-21-23-10-6-3-7-11-23/h2-11,13,15,18,27-28,30-31H,12,14,16-17,19-21H2,1H3/t27-,28-,30-,31+,32-/m0/s1. The Morgan fingerprint density at radius 3 is 2.31 bits per heavy atom. The molecular weight excluding hydrogens is 432 g/mol. The largest absolute Gasteiger partial charge is 0.489 e. The second kappa shape index (κ2) is 9.28. The van der Waals surface area contributed by atoms with E-state index in [0.29, 0.717) is 37.3 Å². The molecule has 0 radical (unpaired) electrons. The average molecular weight is 467 g/mol. The van der Waals surface area contributed by atoms with Crippen molar-refractivity contribution < 1.29 is 14.3 Å². The summed E-state index contributed by atoms with van der Waals surface area (Å²) in [4.78, 5) is 13.7. The van der Waals surface area contributed by atoms with Crippen molar-refractivity contribution in [2.75, 3.05) is 0 Å². The van der Waals surface area contributed by atoms with Crippen molar-refractivity contribution in [1.29, 1.82) is 0 Å². The third-order valence-electron chi connectivity index (χ3n) is 8.91. The van der Waals surface area contributed by atoms with Crippen molar-refractivity contribution in [3.05, 3.63) is 101 Å². The topological polar surface area (TPSA) is 35.5 Å². The zero-order valence-corrected chi connectivity index (χ0v) is 20.5. The molecule has 3 aliphatic carbocycles. The van der Waals surface area contributed by atoms with Crippen LogP contribution in [0.15, 0.2) is 78.9 Å². The van der Waals surface area contributed by atoms with Gasteiger partial charge in [0, 0.05) is 17.8 Å². The van der Waals surface area contributed by atoms with Crippen molar-refractivity contribution in [2.24, 2.45) is 17.3 Å². The van der Waals surface area contributed by atoms with Crippen molar-refractivity contribution >= 4 is 5.78 Å².